The number of hydrogen-bond donors (Lipinski definition) is 1. The van der Waals surface area contributed by atoms with Gasteiger partial charge in [-0.25, -0.2) is 9.97 Å². The minimum Gasteiger partial charge on any atom is -0.378 e. The van der Waals surface area contributed by atoms with Gasteiger partial charge in [0.1, 0.15) is 0 Å². The van der Waals surface area contributed by atoms with Crippen LogP contribution in [0.5, 0.6) is 0 Å². The number of thiazole rings is 1. The van der Waals surface area contributed by atoms with Crippen LogP contribution in [0.25, 0.3) is 0 Å². The summed E-state index contributed by atoms with van der Waals surface area (Å²) in [6.45, 7) is 8.94. The van der Waals surface area contributed by atoms with Crippen LogP contribution in [-0.2, 0) is 6.54 Å². The molecule has 0 aliphatic heterocycles. The van der Waals surface area contributed by atoms with Crippen LogP contribution >= 0.6 is 22.9 Å². The van der Waals surface area contributed by atoms with Gasteiger partial charge >= 0.3 is 0 Å². The lowest BCUT2D eigenvalue weighted by Crippen LogP contribution is -2.21. The molecule has 0 saturated heterocycles. The summed E-state index contributed by atoms with van der Waals surface area (Å²) in [5, 5.41) is 4.89. The van der Waals surface area contributed by atoms with Crippen molar-refractivity contribution in [1.29, 1.82) is 0 Å². The lowest BCUT2D eigenvalue weighted by Gasteiger charge is -2.16. The van der Waals surface area contributed by atoms with E-state index in [4.69, 9.17) is 11.6 Å². The molecule has 108 valence electrons. The largest absolute Gasteiger partial charge is 0.378 e. The predicted octanol–water partition coefficient (Wildman–Crippen LogP) is 3.96. The van der Waals surface area contributed by atoms with Crippen LogP contribution in [0.1, 0.15) is 24.3 Å². The van der Waals surface area contributed by atoms with E-state index in [0.29, 0.717) is 11.7 Å². The maximum Gasteiger partial charge on any atom is 0.185 e. The lowest BCUT2D eigenvalue weighted by atomic mass is 10.3. The van der Waals surface area contributed by atoms with E-state index in [2.05, 4.69) is 34.0 Å². The fraction of sp³-hybridized carbons (Fsp3) is 0.429. The van der Waals surface area contributed by atoms with Crippen molar-refractivity contribution in [3.63, 3.8) is 0 Å². The maximum atomic E-state index is 6.07. The Bertz CT molecular complexity index is 566. The minimum absolute atomic E-state index is 0.504. The van der Waals surface area contributed by atoms with Crippen molar-refractivity contribution in [2.45, 2.75) is 27.3 Å². The molecule has 0 aliphatic carbocycles. The molecule has 0 spiro atoms. The van der Waals surface area contributed by atoms with Crippen molar-refractivity contribution < 1.29 is 0 Å². The molecular formula is C14H19ClN4S. The Labute approximate surface area is 128 Å². The highest BCUT2D eigenvalue weighted by Crippen LogP contribution is 2.25. The van der Waals surface area contributed by atoms with E-state index in [1.54, 1.807) is 17.5 Å². The topological polar surface area (TPSA) is 41.1 Å². The number of nitrogens with one attached hydrogen (secondary N) is 1. The Morgan fingerprint density at radius 1 is 1.25 bits per heavy atom. The molecule has 0 fully saturated rings. The predicted molar refractivity (Wildman–Crippen MR) is 87.0 cm³/mol. The fourth-order valence-corrected chi connectivity index (χ4v) is 3.03. The average Bonchev–Trinajstić information content (AvgIpc) is 2.90. The molecule has 0 aliphatic rings. The zero-order chi connectivity index (χ0) is 14.5. The molecule has 0 bridgehead atoms. The van der Waals surface area contributed by atoms with Crippen LogP contribution in [0.2, 0.25) is 5.15 Å². The molecule has 6 heteroatoms. The summed E-state index contributed by atoms with van der Waals surface area (Å²) in [6, 6.07) is 2.00. The molecule has 20 heavy (non-hydrogen) atoms. The average molecular weight is 311 g/mol. The number of rotatable bonds is 6. The zero-order valence-electron chi connectivity index (χ0n) is 12.0. The first kappa shape index (κ1) is 15.1. The SMILES string of the molecule is CCN(CC)c1ncc(CNc2cc(C)cnc2Cl)s1. The molecule has 2 rings (SSSR count). The van der Waals surface area contributed by atoms with Gasteiger partial charge in [0.25, 0.3) is 0 Å². The quantitative estimate of drug-likeness (QED) is 0.820. The normalized spacial score (nSPS) is 10.6. The molecule has 0 saturated carbocycles. The highest BCUT2D eigenvalue weighted by molar-refractivity contribution is 7.15. The van der Waals surface area contributed by atoms with Gasteiger partial charge in [-0.05, 0) is 32.4 Å². The third kappa shape index (κ3) is 3.61. The highest BCUT2D eigenvalue weighted by Gasteiger charge is 2.08. The Hall–Kier alpha value is -1.33. The van der Waals surface area contributed by atoms with Gasteiger partial charge in [0.2, 0.25) is 0 Å². The van der Waals surface area contributed by atoms with Crippen molar-refractivity contribution in [2.24, 2.45) is 0 Å². The monoisotopic (exact) mass is 310 g/mol. The van der Waals surface area contributed by atoms with Crippen LogP contribution < -0.4 is 10.2 Å². The molecule has 4 nitrogen and oxygen atoms in total. The molecule has 1 N–H and O–H groups in total. The molecule has 0 amide bonds. The van der Waals surface area contributed by atoms with Crippen molar-refractivity contribution in [2.75, 3.05) is 23.3 Å². The Balaban J connectivity index is 2.02. The summed E-state index contributed by atoms with van der Waals surface area (Å²) in [4.78, 5) is 12.0. The van der Waals surface area contributed by atoms with Gasteiger partial charge in [-0.2, -0.15) is 0 Å². The molecule has 2 aromatic rings. The summed E-state index contributed by atoms with van der Waals surface area (Å²) >= 11 is 7.78. The Kier molecular flexibility index (Phi) is 5.20. The van der Waals surface area contributed by atoms with E-state index < -0.39 is 0 Å². The third-order valence-corrected chi connectivity index (χ3v) is 4.36. The number of anilines is 2. The van der Waals surface area contributed by atoms with Gasteiger partial charge in [0.05, 0.1) is 12.2 Å². The van der Waals surface area contributed by atoms with Gasteiger partial charge in [-0.3, -0.25) is 0 Å². The van der Waals surface area contributed by atoms with E-state index in [-0.39, 0.29) is 0 Å². The lowest BCUT2D eigenvalue weighted by molar-refractivity contribution is 0.860. The summed E-state index contributed by atoms with van der Waals surface area (Å²) < 4.78 is 0. The first-order chi connectivity index (χ1) is 9.63. The number of aromatic nitrogens is 2. The minimum atomic E-state index is 0.504. The second kappa shape index (κ2) is 6.90. The molecule has 0 unspecified atom stereocenters. The van der Waals surface area contributed by atoms with Gasteiger partial charge in [-0.15, -0.1) is 11.3 Å². The molecule has 2 aromatic heterocycles. The number of aryl methyl sites for hydroxylation is 1. The molecule has 2 heterocycles. The number of halogens is 1. The molecular weight excluding hydrogens is 292 g/mol. The van der Waals surface area contributed by atoms with Crippen molar-refractivity contribution in [3.05, 3.63) is 34.1 Å². The number of hydrogen-bond acceptors (Lipinski definition) is 5. The smallest absolute Gasteiger partial charge is 0.185 e. The van der Waals surface area contributed by atoms with Gasteiger partial charge in [-0.1, -0.05) is 11.6 Å². The summed E-state index contributed by atoms with van der Waals surface area (Å²) in [5.41, 5.74) is 1.95. The van der Waals surface area contributed by atoms with Crippen molar-refractivity contribution >= 4 is 33.8 Å². The molecule has 0 aromatic carbocycles. The van der Waals surface area contributed by atoms with Crippen LogP contribution in [0.3, 0.4) is 0 Å². The van der Waals surface area contributed by atoms with Gasteiger partial charge in [0.15, 0.2) is 10.3 Å². The first-order valence-corrected chi connectivity index (χ1v) is 7.89. The fourth-order valence-electron chi connectivity index (χ4n) is 1.88. The maximum absolute atomic E-state index is 6.07. The summed E-state index contributed by atoms with van der Waals surface area (Å²) in [5.74, 6) is 0. The molecule has 0 atom stereocenters. The third-order valence-electron chi connectivity index (χ3n) is 3.00. The number of nitrogens with zero attached hydrogens (tertiary/aromatic N) is 3. The Morgan fingerprint density at radius 2 is 2.00 bits per heavy atom. The van der Waals surface area contributed by atoms with Gasteiger partial charge in [0, 0.05) is 30.4 Å². The van der Waals surface area contributed by atoms with Crippen LogP contribution in [-0.4, -0.2) is 23.1 Å². The van der Waals surface area contributed by atoms with Gasteiger partial charge < -0.3 is 10.2 Å². The van der Waals surface area contributed by atoms with E-state index in [1.807, 2.05) is 19.2 Å². The van der Waals surface area contributed by atoms with E-state index in [1.165, 1.54) is 4.88 Å². The Morgan fingerprint density at radius 3 is 2.70 bits per heavy atom. The molecule has 0 radical (unpaired) electrons. The van der Waals surface area contributed by atoms with Crippen LogP contribution in [0.4, 0.5) is 10.8 Å². The zero-order valence-corrected chi connectivity index (χ0v) is 13.6. The standard InChI is InChI=1S/C14H19ClN4S/c1-4-19(5-2)14-18-9-11(20-14)8-16-12-6-10(3)7-17-13(12)15/h6-7,9,16H,4-5,8H2,1-3H3. The van der Waals surface area contributed by atoms with Crippen LogP contribution in [0.15, 0.2) is 18.5 Å². The number of pyridine rings is 1. The van der Waals surface area contributed by atoms with E-state index >= 15 is 0 Å². The van der Waals surface area contributed by atoms with E-state index in [9.17, 15) is 0 Å². The second-order valence-corrected chi connectivity index (χ2v) is 5.94. The summed E-state index contributed by atoms with van der Waals surface area (Å²) in [7, 11) is 0. The van der Waals surface area contributed by atoms with Crippen molar-refractivity contribution in [3.8, 4) is 0 Å². The van der Waals surface area contributed by atoms with Crippen LogP contribution in [0, 0.1) is 6.92 Å². The summed E-state index contributed by atoms with van der Waals surface area (Å²) in [6.07, 6.45) is 3.68. The second-order valence-electron chi connectivity index (χ2n) is 4.49. The highest BCUT2D eigenvalue weighted by atomic mass is 35.5. The first-order valence-electron chi connectivity index (χ1n) is 6.69. The van der Waals surface area contributed by atoms with E-state index in [0.717, 1.165) is 29.5 Å². The van der Waals surface area contributed by atoms with Crippen molar-refractivity contribution in [1.82, 2.24) is 9.97 Å².